The lowest BCUT2D eigenvalue weighted by molar-refractivity contribution is 0.936. The van der Waals surface area contributed by atoms with Crippen molar-refractivity contribution in [2.24, 2.45) is 0 Å². The van der Waals surface area contributed by atoms with Crippen LogP contribution in [0, 0.1) is 13.8 Å². The van der Waals surface area contributed by atoms with Crippen molar-refractivity contribution in [2.45, 2.75) is 26.7 Å². The molecule has 1 aromatic heterocycles. The molecule has 0 saturated heterocycles. The number of nitrogens with zero attached hydrogens (tertiary/aromatic N) is 1. The van der Waals surface area contributed by atoms with Gasteiger partial charge in [-0.15, -0.1) is 11.3 Å². The van der Waals surface area contributed by atoms with E-state index in [1.165, 1.54) is 21.1 Å². The molecular formula is C13H15NS. The van der Waals surface area contributed by atoms with E-state index in [0.717, 1.165) is 12.8 Å². The van der Waals surface area contributed by atoms with Crippen LogP contribution in [0.15, 0.2) is 30.3 Å². The lowest BCUT2D eigenvalue weighted by atomic mass is 10.1. The normalized spacial score (nSPS) is 10.5. The first-order valence-corrected chi connectivity index (χ1v) is 6.04. The Morgan fingerprint density at radius 1 is 1.07 bits per heavy atom. The van der Waals surface area contributed by atoms with E-state index in [2.05, 4.69) is 49.2 Å². The molecule has 1 aromatic carbocycles. The Balaban J connectivity index is 1.99. The van der Waals surface area contributed by atoms with Gasteiger partial charge in [0.1, 0.15) is 0 Å². The molecule has 15 heavy (non-hydrogen) atoms. The van der Waals surface area contributed by atoms with Crippen molar-refractivity contribution in [3.05, 3.63) is 51.5 Å². The number of hydrogen-bond acceptors (Lipinski definition) is 2. The highest BCUT2D eigenvalue weighted by atomic mass is 32.1. The van der Waals surface area contributed by atoms with Gasteiger partial charge in [-0.2, -0.15) is 0 Å². The molecule has 78 valence electrons. The minimum Gasteiger partial charge on any atom is -0.246 e. The van der Waals surface area contributed by atoms with Gasteiger partial charge in [0.2, 0.25) is 0 Å². The van der Waals surface area contributed by atoms with Crippen LogP contribution in [-0.2, 0) is 12.8 Å². The van der Waals surface area contributed by atoms with Crippen molar-refractivity contribution in [2.75, 3.05) is 0 Å². The van der Waals surface area contributed by atoms with Gasteiger partial charge in [-0.1, -0.05) is 30.3 Å². The highest BCUT2D eigenvalue weighted by molar-refractivity contribution is 7.11. The van der Waals surface area contributed by atoms with Gasteiger partial charge in [0.15, 0.2) is 0 Å². The molecule has 0 radical (unpaired) electrons. The summed E-state index contributed by atoms with van der Waals surface area (Å²) in [5, 5.41) is 1.26. The molecule has 0 aliphatic carbocycles. The molecule has 0 bridgehead atoms. The van der Waals surface area contributed by atoms with Gasteiger partial charge >= 0.3 is 0 Å². The van der Waals surface area contributed by atoms with Crippen LogP contribution >= 0.6 is 11.3 Å². The molecule has 0 saturated carbocycles. The van der Waals surface area contributed by atoms with Gasteiger partial charge in [-0.05, 0) is 25.8 Å². The second-order valence-corrected chi connectivity index (χ2v) is 5.02. The zero-order valence-electron chi connectivity index (χ0n) is 9.16. The fourth-order valence-corrected chi connectivity index (χ4v) is 2.48. The minimum atomic E-state index is 1.06. The Morgan fingerprint density at radius 2 is 1.80 bits per heavy atom. The quantitative estimate of drug-likeness (QED) is 0.766. The van der Waals surface area contributed by atoms with Crippen molar-refractivity contribution < 1.29 is 0 Å². The first kappa shape index (κ1) is 10.4. The SMILES string of the molecule is Cc1nc(CCc2ccccc2)sc1C. The Hall–Kier alpha value is -1.15. The summed E-state index contributed by atoms with van der Waals surface area (Å²) < 4.78 is 0. The van der Waals surface area contributed by atoms with E-state index in [0.29, 0.717) is 0 Å². The molecular weight excluding hydrogens is 202 g/mol. The maximum Gasteiger partial charge on any atom is 0.0934 e. The van der Waals surface area contributed by atoms with Crippen molar-refractivity contribution in [1.82, 2.24) is 4.98 Å². The van der Waals surface area contributed by atoms with Crippen molar-refractivity contribution in [3.8, 4) is 0 Å². The topological polar surface area (TPSA) is 12.9 Å². The third kappa shape index (κ3) is 2.66. The molecule has 0 unspecified atom stereocenters. The standard InChI is InChI=1S/C13H15NS/c1-10-11(2)15-13(14-10)9-8-12-6-4-3-5-7-12/h3-7H,8-9H2,1-2H3. The minimum absolute atomic E-state index is 1.06. The zero-order chi connectivity index (χ0) is 10.7. The maximum absolute atomic E-state index is 4.54. The second-order valence-electron chi connectivity index (χ2n) is 3.73. The monoisotopic (exact) mass is 217 g/mol. The number of aromatic nitrogens is 1. The van der Waals surface area contributed by atoms with Crippen LogP contribution < -0.4 is 0 Å². The molecule has 1 heterocycles. The molecule has 0 amide bonds. The summed E-state index contributed by atoms with van der Waals surface area (Å²) in [5.41, 5.74) is 2.58. The predicted octanol–water partition coefficient (Wildman–Crippen LogP) is 3.55. The first-order valence-electron chi connectivity index (χ1n) is 5.22. The average Bonchev–Trinajstić information content (AvgIpc) is 2.57. The molecule has 0 atom stereocenters. The van der Waals surface area contributed by atoms with Crippen LogP contribution in [0.2, 0.25) is 0 Å². The molecule has 0 fully saturated rings. The summed E-state index contributed by atoms with van der Waals surface area (Å²) in [6, 6.07) is 10.6. The first-order chi connectivity index (χ1) is 7.25. The highest BCUT2D eigenvalue weighted by Crippen LogP contribution is 2.18. The molecule has 2 heteroatoms. The van der Waals surface area contributed by atoms with Crippen LogP contribution in [0.25, 0.3) is 0 Å². The fourth-order valence-electron chi connectivity index (χ4n) is 1.54. The van der Waals surface area contributed by atoms with Crippen LogP contribution in [0.1, 0.15) is 21.1 Å². The lowest BCUT2D eigenvalue weighted by Crippen LogP contribution is -1.90. The summed E-state index contributed by atoms with van der Waals surface area (Å²) in [5.74, 6) is 0. The second kappa shape index (κ2) is 4.58. The van der Waals surface area contributed by atoms with Gasteiger partial charge < -0.3 is 0 Å². The summed E-state index contributed by atoms with van der Waals surface area (Å²) in [6.45, 7) is 4.22. The van der Waals surface area contributed by atoms with E-state index >= 15 is 0 Å². The number of thiazole rings is 1. The van der Waals surface area contributed by atoms with E-state index in [9.17, 15) is 0 Å². The maximum atomic E-state index is 4.54. The Bertz CT molecular complexity index is 412. The van der Waals surface area contributed by atoms with Crippen molar-refractivity contribution >= 4 is 11.3 Å². The van der Waals surface area contributed by atoms with Gasteiger partial charge in [-0.3, -0.25) is 0 Å². The third-order valence-electron chi connectivity index (χ3n) is 2.54. The highest BCUT2D eigenvalue weighted by Gasteiger charge is 2.03. The Morgan fingerprint density at radius 3 is 2.40 bits per heavy atom. The summed E-state index contributed by atoms with van der Waals surface area (Å²) >= 11 is 1.82. The number of hydrogen-bond donors (Lipinski definition) is 0. The van der Waals surface area contributed by atoms with Crippen LogP contribution in [0.3, 0.4) is 0 Å². The molecule has 0 spiro atoms. The molecule has 0 aliphatic heterocycles. The van der Waals surface area contributed by atoms with Crippen LogP contribution in [0.4, 0.5) is 0 Å². The summed E-state index contributed by atoms with van der Waals surface area (Å²) in [6.07, 6.45) is 2.15. The zero-order valence-corrected chi connectivity index (χ0v) is 9.97. The van der Waals surface area contributed by atoms with Gasteiger partial charge in [0.25, 0.3) is 0 Å². The van der Waals surface area contributed by atoms with E-state index in [4.69, 9.17) is 0 Å². The smallest absolute Gasteiger partial charge is 0.0934 e. The number of rotatable bonds is 3. The van der Waals surface area contributed by atoms with Crippen molar-refractivity contribution in [3.63, 3.8) is 0 Å². The fraction of sp³-hybridized carbons (Fsp3) is 0.308. The molecule has 0 N–H and O–H groups in total. The third-order valence-corrected chi connectivity index (χ3v) is 3.68. The van der Waals surface area contributed by atoms with Crippen molar-refractivity contribution in [1.29, 1.82) is 0 Å². The predicted molar refractivity (Wildman–Crippen MR) is 65.4 cm³/mol. The molecule has 2 aromatic rings. The molecule has 2 rings (SSSR count). The van der Waals surface area contributed by atoms with Gasteiger partial charge in [-0.25, -0.2) is 4.98 Å². The summed E-state index contributed by atoms with van der Waals surface area (Å²) in [7, 11) is 0. The Labute approximate surface area is 94.8 Å². The van der Waals surface area contributed by atoms with E-state index in [1.54, 1.807) is 0 Å². The lowest BCUT2D eigenvalue weighted by Gasteiger charge is -1.97. The van der Waals surface area contributed by atoms with Crippen LogP contribution in [0.5, 0.6) is 0 Å². The van der Waals surface area contributed by atoms with Crippen LogP contribution in [-0.4, -0.2) is 4.98 Å². The van der Waals surface area contributed by atoms with E-state index in [1.807, 2.05) is 11.3 Å². The largest absolute Gasteiger partial charge is 0.246 e. The number of benzene rings is 1. The number of aryl methyl sites for hydroxylation is 4. The van der Waals surface area contributed by atoms with Gasteiger partial charge in [0, 0.05) is 11.3 Å². The summed E-state index contributed by atoms with van der Waals surface area (Å²) in [4.78, 5) is 5.89. The van der Waals surface area contributed by atoms with E-state index < -0.39 is 0 Å². The molecule has 1 nitrogen and oxygen atoms in total. The molecule has 0 aliphatic rings. The van der Waals surface area contributed by atoms with Gasteiger partial charge in [0.05, 0.1) is 10.7 Å². The van der Waals surface area contributed by atoms with E-state index in [-0.39, 0.29) is 0 Å². The average molecular weight is 217 g/mol. The Kier molecular flexibility index (Phi) is 3.17.